The lowest BCUT2D eigenvalue weighted by Crippen LogP contribution is -2.21. The lowest BCUT2D eigenvalue weighted by Gasteiger charge is -2.15. The number of nitrogens with one attached hydrogen (secondary N) is 2. The normalized spacial score (nSPS) is 14.8. The predicted molar refractivity (Wildman–Crippen MR) is 103 cm³/mol. The van der Waals surface area contributed by atoms with E-state index in [0.717, 1.165) is 29.3 Å². The number of aryl methyl sites for hydroxylation is 1. The van der Waals surface area contributed by atoms with Gasteiger partial charge in [-0.15, -0.1) is 0 Å². The van der Waals surface area contributed by atoms with Gasteiger partial charge in [0, 0.05) is 0 Å². The summed E-state index contributed by atoms with van der Waals surface area (Å²) in [5.74, 6) is 0.874. The van der Waals surface area contributed by atoms with Crippen molar-refractivity contribution in [3.8, 4) is 17.7 Å². The zero-order chi connectivity index (χ0) is 19.2. The first kappa shape index (κ1) is 18.9. The second-order valence-corrected chi connectivity index (χ2v) is 6.84. The summed E-state index contributed by atoms with van der Waals surface area (Å²) in [5, 5.41) is 14.5. The Morgan fingerprint density at radius 2 is 1.96 bits per heavy atom. The van der Waals surface area contributed by atoms with Crippen LogP contribution in [-0.2, 0) is 0 Å². The average molecular weight is 432 g/mol. The molecule has 1 aliphatic heterocycles. The SMILES string of the molecule is Cc1cc(Br)c2c(c1)NC(=O)Nc1cnc(C#N)c(n1)OCCCCCO2. The Labute approximate surface area is 165 Å². The number of carbonyl (C=O) groups excluding carboxylic acids is 1. The maximum atomic E-state index is 12.4. The van der Waals surface area contributed by atoms with Crippen molar-refractivity contribution in [2.45, 2.75) is 26.2 Å². The molecule has 0 unspecified atom stereocenters. The number of rotatable bonds is 0. The number of halogens is 1. The van der Waals surface area contributed by atoms with Gasteiger partial charge >= 0.3 is 6.03 Å². The zero-order valence-electron chi connectivity index (χ0n) is 14.7. The Hall–Kier alpha value is -2.86. The summed E-state index contributed by atoms with van der Waals surface area (Å²) in [5.41, 5.74) is 1.60. The first-order valence-corrected chi connectivity index (χ1v) is 9.27. The van der Waals surface area contributed by atoms with Crippen LogP contribution in [0.4, 0.5) is 16.3 Å². The molecule has 0 radical (unpaired) electrons. The number of aromatic nitrogens is 2. The number of fused-ring (bicyclic) bond motifs is 3. The highest BCUT2D eigenvalue weighted by Gasteiger charge is 2.15. The van der Waals surface area contributed by atoms with E-state index >= 15 is 0 Å². The molecule has 2 heterocycles. The molecule has 2 aromatic rings. The molecule has 0 saturated heterocycles. The number of urea groups is 1. The summed E-state index contributed by atoms with van der Waals surface area (Å²) in [4.78, 5) is 20.6. The first-order chi connectivity index (χ1) is 13.1. The molecule has 0 atom stereocenters. The fourth-order valence-electron chi connectivity index (χ4n) is 2.57. The Bertz CT molecular complexity index is 897. The topological polar surface area (TPSA) is 109 Å². The van der Waals surface area contributed by atoms with E-state index < -0.39 is 6.03 Å². The molecule has 2 bridgehead atoms. The highest BCUT2D eigenvalue weighted by Crippen LogP contribution is 2.35. The molecule has 1 aliphatic rings. The third-order valence-electron chi connectivity index (χ3n) is 3.80. The predicted octanol–water partition coefficient (Wildman–Crippen LogP) is 4.00. The molecule has 0 fully saturated rings. The van der Waals surface area contributed by atoms with E-state index in [1.54, 1.807) is 0 Å². The van der Waals surface area contributed by atoms with Gasteiger partial charge < -0.3 is 14.8 Å². The van der Waals surface area contributed by atoms with Crippen LogP contribution in [0.15, 0.2) is 22.8 Å². The zero-order valence-corrected chi connectivity index (χ0v) is 16.3. The number of ether oxygens (including phenoxy) is 2. The number of benzene rings is 1. The molecule has 2 amide bonds. The minimum Gasteiger partial charge on any atom is -0.490 e. The van der Waals surface area contributed by atoms with Gasteiger partial charge in [0.25, 0.3) is 5.88 Å². The van der Waals surface area contributed by atoms with Crippen LogP contribution in [0.2, 0.25) is 0 Å². The van der Waals surface area contributed by atoms with Crippen LogP contribution in [0, 0.1) is 18.3 Å². The van der Waals surface area contributed by atoms with Crippen LogP contribution >= 0.6 is 15.9 Å². The summed E-state index contributed by atoms with van der Waals surface area (Å²) in [6.45, 7) is 2.84. The molecule has 0 spiro atoms. The maximum absolute atomic E-state index is 12.4. The number of hydrogen-bond donors (Lipinski definition) is 2. The van der Waals surface area contributed by atoms with Crippen molar-refractivity contribution in [1.29, 1.82) is 5.26 Å². The standard InChI is InChI=1S/C18H18BrN5O3/c1-11-7-12(19)16-13(8-11)22-18(25)24-15-10-21-14(9-20)17(23-15)27-6-4-2-3-5-26-16/h7-8,10H,2-6H2,1H3,(H2,22,23,24,25). The van der Waals surface area contributed by atoms with E-state index in [1.165, 1.54) is 6.20 Å². The van der Waals surface area contributed by atoms with Gasteiger partial charge in [0.05, 0.1) is 29.6 Å². The van der Waals surface area contributed by atoms with Crippen molar-refractivity contribution in [1.82, 2.24) is 9.97 Å². The Balaban J connectivity index is 1.90. The van der Waals surface area contributed by atoms with Crippen LogP contribution in [0.5, 0.6) is 11.6 Å². The summed E-state index contributed by atoms with van der Waals surface area (Å²) < 4.78 is 12.2. The van der Waals surface area contributed by atoms with Gasteiger partial charge in [-0.1, -0.05) is 0 Å². The number of nitrogens with zero attached hydrogens (tertiary/aromatic N) is 3. The minimum atomic E-state index is -0.503. The molecule has 1 aromatic heterocycles. The molecule has 27 heavy (non-hydrogen) atoms. The highest BCUT2D eigenvalue weighted by atomic mass is 79.9. The van der Waals surface area contributed by atoms with Gasteiger partial charge in [-0.3, -0.25) is 5.32 Å². The quantitative estimate of drug-likeness (QED) is 0.651. The molecule has 140 valence electrons. The van der Waals surface area contributed by atoms with Crippen molar-refractivity contribution < 1.29 is 14.3 Å². The molecule has 0 saturated carbocycles. The van der Waals surface area contributed by atoms with Gasteiger partial charge in [-0.05, 0) is 59.8 Å². The van der Waals surface area contributed by atoms with E-state index in [4.69, 9.17) is 14.7 Å². The lowest BCUT2D eigenvalue weighted by atomic mass is 10.2. The fraction of sp³-hybridized carbons (Fsp3) is 0.333. The fourth-order valence-corrected chi connectivity index (χ4v) is 3.26. The smallest absolute Gasteiger partial charge is 0.325 e. The van der Waals surface area contributed by atoms with Crippen molar-refractivity contribution in [2.75, 3.05) is 23.8 Å². The van der Waals surface area contributed by atoms with Crippen LogP contribution < -0.4 is 20.1 Å². The van der Waals surface area contributed by atoms with E-state index in [1.807, 2.05) is 25.1 Å². The van der Waals surface area contributed by atoms with Crippen molar-refractivity contribution in [3.63, 3.8) is 0 Å². The molecule has 9 heteroatoms. The van der Waals surface area contributed by atoms with Crippen LogP contribution in [0.25, 0.3) is 0 Å². The third-order valence-corrected chi connectivity index (χ3v) is 4.39. The van der Waals surface area contributed by atoms with Gasteiger partial charge in [-0.2, -0.15) is 10.2 Å². The second kappa shape index (κ2) is 8.68. The van der Waals surface area contributed by atoms with Crippen molar-refractivity contribution >= 4 is 33.5 Å². The van der Waals surface area contributed by atoms with Crippen LogP contribution in [0.3, 0.4) is 0 Å². The molecular formula is C18H18BrN5O3. The Kier molecular flexibility index (Phi) is 6.08. The molecule has 2 N–H and O–H groups in total. The lowest BCUT2D eigenvalue weighted by molar-refractivity contribution is 0.261. The Morgan fingerprint density at radius 1 is 1.19 bits per heavy atom. The molecule has 3 rings (SSSR count). The summed E-state index contributed by atoms with van der Waals surface area (Å²) in [6, 6.07) is 5.19. The van der Waals surface area contributed by atoms with Crippen LogP contribution in [0.1, 0.15) is 30.5 Å². The second-order valence-electron chi connectivity index (χ2n) is 5.98. The number of hydrogen-bond acceptors (Lipinski definition) is 6. The van der Waals surface area contributed by atoms with E-state index in [0.29, 0.717) is 24.7 Å². The molecule has 1 aromatic carbocycles. The summed E-state index contributed by atoms with van der Waals surface area (Å²) in [6.07, 6.45) is 3.81. The Morgan fingerprint density at radius 3 is 2.74 bits per heavy atom. The van der Waals surface area contributed by atoms with Gasteiger partial charge in [-0.25, -0.2) is 9.78 Å². The van der Waals surface area contributed by atoms with Gasteiger partial charge in [0.1, 0.15) is 6.07 Å². The summed E-state index contributed by atoms with van der Waals surface area (Å²) in [7, 11) is 0. The largest absolute Gasteiger partial charge is 0.490 e. The average Bonchev–Trinajstić information content (AvgIpc) is 2.62. The maximum Gasteiger partial charge on any atom is 0.325 e. The monoisotopic (exact) mass is 431 g/mol. The van der Waals surface area contributed by atoms with Gasteiger partial charge in [0.2, 0.25) is 5.69 Å². The highest BCUT2D eigenvalue weighted by molar-refractivity contribution is 9.10. The number of amides is 2. The number of anilines is 2. The van der Waals surface area contributed by atoms with Crippen molar-refractivity contribution in [2.24, 2.45) is 0 Å². The molecule has 8 nitrogen and oxygen atoms in total. The van der Waals surface area contributed by atoms with Gasteiger partial charge in [0.15, 0.2) is 11.6 Å². The first-order valence-electron chi connectivity index (χ1n) is 8.47. The third kappa shape index (κ3) is 4.86. The number of nitriles is 1. The number of carbonyl (C=O) groups is 1. The van der Waals surface area contributed by atoms with Crippen LogP contribution in [-0.4, -0.2) is 29.2 Å². The molecule has 0 aliphatic carbocycles. The summed E-state index contributed by atoms with van der Waals surface area (Å²) >= 11 is 3.49. The molecular weight excluding hydrogens is 414 g/mol. The van der Waals surface area contributed by atoms with E-state index in [9.17, 15) is 4.79 Å². The van der Waals surface area contributed by atoms with E-state index in [-0.39, 0.29) is 17.4 Å². The van der Waals surface area contributed by atoms with Crippen molar-refractivity contribution in [3.05, 3.63) is 34.1 Å². The van der Waals surface area contributed by atoms with E-state index in [2.05, 4.69) is 36.5 Å². The minimum absolute atomic E-state index is 0.0820.